The Morgan fingerprint density at radius 3 is 2.38 bits per heavy atom. The molecule has 0 bridgehead atoms. The van der Waals surface area contributed by atoms with Gasteiger partial charge in [-0.05, 0) is 14.1 Å². The predicted octanol–water partition coefficient (Wildman–Crippen LogP) is 0.0613. The molecule has 8 heavy (non-hydrogen) atoms. The molecule has 0 aliphatic carbocycles. The molecule has 0 aliphatic rings. The number of hydrogen-bond acceptors (Lipinski definition) is 2. The molecule has 1 atom stereocenters. The van der Waals surface area contributed by atoms with Gasteiger partial charge in [-0.25, -0.2) is 0 Å². The van der Waals surface area contributed by atoms with E-state index >= 15 is 0 Å². The van der Waals surface area contributed by atoms with Crippen LogP contribution in [0.3, 0.4) is 0 Å². The van der Waals surface area contributed by atoms with Crippen LogP contribution in [0.5, 0.6) is 0 Å². The Kier molecular flexibility index (Phi) is 3.48. The summed E-state index contributed by atoms with van der Waals surface area (Å²) in [5.41, 5.74) is 5.51. The zero-order chi connectivity index (χ0) is 6.57. The summed E-state index contributed by atoms with van der Waals surface area (Å²) in [7, 11) is 3.98. The highest BCUT2D eigenvalue weighted by atomic mass is 15.1. The molecule has 0 radical (unpaired) electrons. The van der Waals surface area contributed by atoms with Crippen LogP contribution < -0.4 is 5.73 Å². The fourth-order valence-electron chi connectivity index (χ4n) is 0.496. The summed E-state index contributed by atoms with van der Waals surface area (Å²) in [6.07, 6.45) is 1.75. The van der Waals surface area contributed by atoms with Crippen LogP contribution in [0.15, 0.2) is 12.7 Å². The standard InChI is InChI=1S/C6H14N2/c1-4-6(7)5-8(2)3/h4,6H,1,5,7H2,2-3H3. The van der Waals surface area contributed by atoms with E-state index in [1.165, 1.54) is 0 Å². The van der Waals surface area contributed by atoms with Crippen molar-refractivity contribution in [1.82, 2.24) is 4.90 Å². The van der Waals surface area contributed by atoms with Crippen molar-refractivity contribution < 1.29 is 0 Å². The average molecular weight is 114 g/mol. The SMILES string of the molecule is C=CC(N)CN(C)C. The topological polar surface area (TPSA) is 29.3 Å². The second kappa shape index (κ2) is 3.64. The van der Waals surface area contributed by atoms with Crippen LogP contribution in [0, 0.1) is 0 Å². The van der Waals surface area contributed by atoms with E-state index in [0.717, 1.165) is 6.54 Å². The highest BCUT2D eigenvalue weighted by Crippen LogP contribution is 1.80. The molecule has 0 fully saturated rings. The largest absolute Gasteiger partial charge is 0.323 e. The van der Waals surface area contributed by atoms with Crippen LogP contribution in [0.2, 0.25) is 0 Å². The van der Waals surface area contributed by atoms with Crippen LogP contribution in [0.4, 0.5) is 0 Å². The number of nitrogens with two attached hydrogens (primary N) is 1. The van der Waals surface area contributed by atoms with Crippen LogP contribution in [0.1, 0.15) is 0 Å². The van der Waals surface area contributed by atoms with E-state index < -0.39 is 0 Å². The van der Waals surface area contributed by atoms with Crippen LogP contribution in [-0.2, 0) is 0 Å². The van der Waals surface area contributed by atoms with E-state index in [1.54, 1.807) is 6.08 Å². The Labute approximate surface area is 51.0 Å². The summed E-state index contributed by atoms with van der Waals surface area (Å²) < 4.78 is 0. The number of rotatable bonds is 3. The van der Waals surface area contributed by atoms with Crippen molar-refractivity contribution in [1.29, 1.82) is 0 Å². The van der Waals surface area contributed by atoms with Gasteiger partial charge in [0.15, 0.2) is 0 Å². The van der Waals surface area contributed by atoms with E-state index in [1.807, 2.05) is 19.0 Å². The molecule has 2 nitrogen and oxygen atoms in total. The molecular formula is C6H14N2. The van der Waals surface area contributed by atoms with Gasteiger partial charge in [-0.1, -0.05) is 6.08 Å². The van der Waals surface area contributed by atoms with Crippen molar-refractivity contribution in [2.75, 3.05) is 20.6 Å². The highest BCUT2D eigenvalue weighted by Gasteiger charge is 1.95. The number of likely N-dealkylation sites (N-methyl/N-ethyl adjacent to an activating group) is 1. The van der Waals surface area contributed by atoms with Gasteiger partial charge in [-0.15, -0.1) is 6.58 Å². The summed E-state index contributed by atoms with van der Waals surface area (Å²) in [5.74, 6) is 0. The first-order valence-corrected chi connectivity index (χ1v) is 2.69. The van der Waals surface area contributed by atoms with E-state index in [-0.39, 0.29) is 6.04 Å². The number of nitrogens with zero attached hydrogens (tertiary/aromatic N) is 1. The molecule has 0 amide bonds. The van der Waals surface area contributed by atoms with Crippen molar-refractivity contribution in [3.05, 3.63) is 12.7 Å². The monoisotopic (exact) mass is 114 g/mol. The first-order chi connectivity index (χ1) is 3.66. The smallest absolute Gasteiger partial charge is 0.0350 e. The lowest BCUT2D eigenvalue weighted by atomic mass is 10.3. The lowest BCUT2D eigenvalue weighted by Gasteiger charge is -2.11. The van der Waals surface area contributed by atoms with Gasteiger partial charge >= 0.3 is 0 Å². The third-order valence-electron chi connectivity index (χ3n) is 0.879. The molecule has 0 spiro atoms. The fraction of sp³-hybridized carbons (Fsp3) is 0.667. The summed E-state index contributed by atoms with van der Waals surface area (Å²) in [6, 6.07) is 0.116. The van der Waals surface area contributed by atoms with E-state index in [4.69, 9.17) is 5.73 Å². The van der Waals surface area contributed by atoms with E-state index in [2.05, 4.69) is 6.58 Å². The summed E-state index contributed by atoms with van der Waals surface area (Å²) in [6.45, 7) is 4.44. The molecule has 0 aromatic heterocycles. The molecule has 0 saturated heterocycles. The molecule has 2 N–H and O–H groups in total. The van der Waals surface area contributed by atoms with Gasteiger partial charge < -0.3 is 10.6 Å². The van der Waals surface area contributed by atoms with Gasteiger partial charge in [0.05, 0.1) is 0 Å². The molecule has 0 heterocycles. The predicted molar refractivity (Wildman–Crippen MR) is 36.7 cm³/mol. The Morgan fingerprint density at radius 2 is 2.25 bits per heavy atom. The van der Waals surface area contributed by atoms with Crippen LogP contribution in [-0.4, -0.2) is 31.6 Å². The molecule has 0 aromatic carbocycles. The van der Waals surface area contributed by atoms with Crippen molar-refractivity contribution in [3.63, 3.8) is 0 Å². The number of hydrogen-bond donors (Lipinski definition) is 1. The maximum Gasteiger partial charge on any atom is 0.0350 e. The van der Waals surface area contributed by atoms with Crippen LogP contribution in [0.25, 0.3) is 0 Å². The first kappa shape index (κ1) is 7.66. The van der Waals surface area contributed by atoms with Gasteiger partial charge in [-0.3, -0.25) is 0 Å². The average Bonchev–Trinajstić information content (AvgIpc) is 1.65. The van der Waals surface area contributed by atoms with Gasteiger partial charge in [0.25, 0.3) is 0 Å². The first-order valence-electron chi connectivity index (χ1n) is 2.69. The molecule has 1 unspecified atom stereocenters. The third-order valence-corrected chi connectivity index (χ3v) is 0.879. The minimum absolute atomic E-state index is 0.116. The Balaban J connectivity index is 3.23. The summed E-state index contributed by atoms with van der Waals surface area (Å²) in [4.78, 5) is 2.03. The molecule has 48 valence electrons. The van der Waals surface area contributed by atoms with Crippen molar-refractivity contribution >= 4 is 0 Å². The lowest BCUT2D eigenvalue weighted by Crippen LogP contribution is -2.30. The Bertz CT molecular complexity index is 68.9. The van der Waals surface area contributed by atoms with Crippen molar-refractivity contribution in [3.8, 4) is 0 Å². The lowest BCUT2D eigenvalue weighted by molar-refractivity contribution is 0.395. The summed E-state index contributed by atoms with van der Waals surface area (Å²) >= 11 is 0. The minimum atomic E-state index is 0.116. The Hall–Kier alpha value is -0.340. The second-order valence-electron chi connectivity index (χ2n) is 2.16. The van der Waals surface area contributed by atoms with Gasteiger partial charge in [0.1, 0.15) is 0 Å². The molecule has 0 rings (SSSR count). The molecule has 0 saturated carbocycles. The maximum absolute atomic E-state index is 5.51. The maximum atomic E-state index is 5.51. The van der Waals surface area contributed by atoms with Crippen molar-refractivity contribution in [2.24, 2.45) is 5.73 Å². The third kappa shape index (κ3) is 3.84. The zero-order valence-corrected chi connectivity index (χ0v) is 5.59. The van der Waals surface area contributed by atoms with Gasteiger partial charge in [0, 0.05) is 12.6 Å². The molecule has 0 aromatic rings. The van der Waals surface area contributed by atoms with E-state index in [9.17, 15) is 0 Å². The fourth-order valence-corrected chi connectivity index (χ4v) is 0.496. The minimum Gasteiger partial charge on any atom is -0.323 e. The molecular weight excluding hydrogens is 100 g/mol. The molecule has 2 heteroatoms. The van der Waals surface area contributed by atoms with E-state index in [0.29, 0.717) is 0 Å². The van der Waals surface area contributed by atoms with Crippen LogP contribution >= 0.6 is 0 Å². The molecule has 0 aliphatic heterocycles. The highest BCUT2D eigenvalue weighted by molar-refractivity contribution is 4.83. The van der Waals surface area contributed by atoms with Gasteiger partial charge in [0.2, 0.25) is 0 Å². The van der Waals surface area contributed by atoms with Crippen molar-refractivity contribution in [2.45, 2.75) is 6.04 Å². The quantitative estimate of drug-likeness (QED) is 0.526. The van der Waals surface area contributed by atoms with Gasteiger partial charge in [-0.2, -0.15) is 0 Å². The zero-order valence-electron chi connectivity index (χ0n) is 5.59. The Morgan fingerprint density at radius 1 is 1.75 bits per heavy atom. The summed E-state index contributed by atoms with van der Waals surface area (Å²) in [5, 5.41) is 0. The second-order valence-corrected chi connectivity index (χ2v) is 2.16. The normalized spacial score (nSPS) is 14.0.